The van der Waals surface area contributed by atoms with Gasteiger partial charge in [-0.3, -0.25) is 4.79 Å². The van der Waals surface area contributed by atoms with Crippen molar-refractivity contribution >= 4 is 5.91 Å². The lowest BCUT2D eigenvalue weighted by Crippen LogP contribution is -2.45. The fourth-order valence-corrected chi connectivity index (χ4v) is 3.36. The zero-order valence-corrected chi connectivity index (χ0v) is 13.4. The third kappa shape index (κ3) is 4.06. The van der Waals surface area contributed by atoms with E-state index in [-0.39, 0.29) is 11.9 Å². The van der Waals surface area contributed by atoms with Gasteiger partial charge in [0.05, 0.1) is 6.33 Å². The first-order chi connectivity index (χ1) is 10.0. The van der Waals surface area contributed by atoms with Crippen LogP contribution in [-0.2, 0) is 6.54 Å². The van der Waals surface area contributed by atoms with E-state index in [1.165, 1.54) is 12.8 Å². The molecule has 5 heteroatoms. The largest absolute Gasteiger partial charge is 0.348 e. The number of hydrogen-bond donors (Lipinski definition) is 2. The lowest BCUT2D eigenvalue weighted by molar-refractivity contribution is 0.0863. The molecule has 0 saturated heterocycles. The first-order valence-corrected chi connectivity index (χ1v) is 8.04. The Morgan fingerprint density at radius 2 is 2.29 bits per heavy atom. The fraction of sp³-hybridized carbons (Fsp3) is 0.750. The maximum atomic E-state index is 12.4. The molecule has 0 radical (unpaired) electrons. The highest BCUT2D eigenvalue weighted by Gasteiger charge is 2.32. The summed E-state index contributed by atoms with van der Waals surface area (Å²) in [7, 11) is 0. The van der Waals surface area contributed by atoms with Gasteiger partial charge in [-0.15, -0.1) is 0 Å². The minimum atomic E-state index is -0.0597. The van der Waals surface area contributed by atoms with Gasteiger partial charge >= 0.3 is 0 Å². The molecule has 0 spiro atoms. The number of aromatic nitrogens is 2. The van der Waals surface area contributed by atoms with Crippen molar-refractivity contribution in [1.29, 1.82) is 0 Å². The number of nitrogens with two attached hydrogens (primary N) is 1. The molecule has 2 rings (SSSR count). The zero-order valence-electron chi connectivity index (χ0n) is 13.4. The average Bonchev–Trinajstić information content (AvgIpc) is 2.87. The van der Waals surface area contributed by atoms with Crippen molar-refractivity contribution in [3.63, 3.8) is 0 Å². The number of carbonyl (C=O) groups is 1. The standard InChI is InChI=1S/C16H28N4O/c1-11(2)13-5-4-12(3)8-14(13)19-16(21)15-9-20(7-6-17)10-18-15/h9-14H,4-8,17H2,1-3H3,(H,19,21). The topological polar surface area (TPSA) is 72.9 Å². The molecule has 3 unspecified atom stereocenters. The molecule has 1 amide bonds. The molecule has 1 saturated carbocycles. The van der Waals surface area contributed by atoms with Crippen molar-refractivity contribution in [2.24, 2.45) is 23.5 Å². The van der Waals surface area contributed by atoms with Gasteiger partial charge in [-0.25, -0.2) is 4.98 Å². The molecule has 1 aliphatic rings. The van der Waals surface area contributed by atoms with Gasteiger partial charge in [-0.1, -0.05) is 27.2 Å². The molecule has 3 atom stereocenters. The molecule has 1 aromatic heterocycles. The lowest BCUT2D eigenvalue weighted by Gasteiger charge is -2.37. The highest BCUT2D eigenvalue weighted by molar-refractivity contribution is 5.92. The Morgan fingerprint density at radius 1 is 1.52 bits per heavy atom. The number of imidazole rings is 1. The van der Waals surface area contributed by atoms with E-state index in [1.54, 1.807) is 12.5 Å². The van der Waals surface area contributed by atoms with Gasteiger partial charge in [0, 0.05) is 25.3 Å². The summed E-state index contributed by atoms with van der Waals surface area (Å²) in [5, 5.41) is 3.21. The van der Waals surface area contributed by atoms with Crippen LogP contribution in [0.1, 0.15) is 50.5 Å². The van der Waals surface area contributed by atoms with Crippen molar-refractivity contribution < 1.29 is 4.79 Å². The Labute approximate surface area is 127 Å². The third-order valence-corrected chi connectivity index (χ3v) is 4.59. The summed E-state index contributed by atoms with van der Waals surface area (Å²) >= 11 is 0. The van der Waals surface area contributed by atoms with E-state index in [0.717, 1.165) is 6.42 Å². The monoisotopic (exact) mass is 292 g/mol. The van der Waals surface area contributed by atoms with Crippen molar-refractivity contribution in [3.8, 4) is 0 Å². The summed E-state index contributed by atoms with van der Waals surface area (Å²) < 4.78 is 1.86. The van der Waals surface area contributed by atoms with E-state index in [0.29, 0.717) is 36.5 Å². The first kappa shape index (κ1) is 16.0. The predicted molar refractivity (Wildman–Crippen MR) is 83.9 cm³/mol. The predicted octanol–water partition coefficient (Wildman–Crippen LogP) is 2.03. The minimum Gasteiger partial charge on any atom is -0.348 e. The van der Waals surface area contributed by atoms with Gasteiger partial charge in [-0.2, -0.15) is 0 Å². The van der Waals surface area contributed by atoms with Crippen molar-refractivity contribution in [2.45, 2.75) is 52.6 Å². The average molecular weight is 292 g/mol. The molecule has 0 bridgehead atoms. The molecule has 1 heterocycles. The smallest absolute Gasteiger partial charge is 0.271 e. The third-order valence-electron chi connectivity index (χ3n) is 4.59. The molecular formula is C16H28N4O. The van der Waals surface area contributed by atoms with E-state index in [9.17, 15) is 4.79 Å². The van der Waals surface area contributed by atoms with Crippen LogP contribution in [0.25, 0.3) is 0 Å². The number of rotatable bonds is 5. The highest BCUT2D eigenvalue weighted by Crippen LogP contribution is 2.33. The Hall–Kier alpha value is -1.36. The number of nitrogens with zero attached hydrogens (tertiary/aromatic N) is 2. The normalized spacial score (nSPS) is 26.0. The SMILES string of the molecule is CC1CCC(C(C)C)C(NC(=O)c2cn(CCN)cn2)C1. The summed E-state index contributed by atoms with van der Waals surface area (Å²) in [6.07, 6.45) is 6.98. The molecule has 0 aliphatic heterocycles. The molecule has 0 aromatic carbocycles. The first-order valence-electron chi connectivity index (χ1n) is 8.04. The van der Waals surface area contributed by atoms with E-state index in [2.05, 4.69) is 31.1 Å². The van der Waals surface area contributed by atoms with Crippen LogP contribution in [0, 0.1) is 17.8 Å². The molecular weight excluding hydrogens is 264 g/mol. The van der Waals surface area contributed by atoms with Gasteiger partial charge in [-0.05, 0) is 30.6 Å². The fourth-order valence-electron chi connectivity index (χ4n) is 3.36. The van der Waals surface area contributed by atoms with Crippen LogP contribution < -0.4 is 11.1 Å². The van der Waals surface area contributed by atoms with Crippen LogP contribution in [0.3, 0.4) is 0 Å². The van der Waals surface area contributed by atoms with Gasteiger partial charge in [0.25, 0.3) is 5.91 Å². The second kappa shape index (κ2) is 7.07. The van der Waals surface area contributed by atoms with E-state index in [4.69, 9.17) is 5.73 Å². The summed E-state index contributed by atoms with van der Waals surface area (Å²) in [4.78, 5) is 16.6. The summed E-state index contributed by atoms with van der Waals surface area (Å²) in [5.41, 5.74) is 6.00. The van der Waals surface area contributed by atoms with E-state index < -0.39 is 0 Å². The van der Waals surface area contributed by atoms with Crippen LogP contribution in [-0.4, -0.2) is 28.0 Å². The molecule has 1 aliphatic carbocycles. The maximum absolute atomic E-state index is 12.4. The Balaban J connectivity index is 2.01. The van der Waals surface area contributed by atoms with E-state index >= 15 is 0 Å². The van der Waals surface area contributed by atoms with Gasteiger partial charge in [0.1, 0.15) is 5.69 Å². The Bertz CT molecular complexity index is 469. The van der Waals surface area contributed by atoms with Crippen molar-refractivity contribution in [3.05, 3.63) is 18.2 Å². The second-order valence-corrected chi connectivity index (χ2v) is 6.69. The number of amides is 1. The van der Waals surface area contributed by atoms with Crippen molar-refractivity contribution in [1.82, 2.24) is 14.9 Å². The minimum absolute atomic E-state index is 0.0597. The van der Waals surface area contributed by atoms with Crippen LogP contribution in [0.5, 0.6) is 0 Å². The highest BCUT2D eigenvalue weighted by atomic mass is 16.2. The Kier molecular flexibility index (Phi) is 5.39. The van der Waals surface area contributed by atoms with Crippen LogP contribution in [0.2, 0.25) is 0 Å². The Morgan fingerprint density at radius 3 is 2.95 bits per heavy atom. The zero-order chi connectivity index (χ0) is 15.4. The summed E-state index contributed by atoms with van der Waals surface area (Å²) in [6, 6.07) is 0.265. The van der Waals surface area contributed by atoms with Gasteiger partial charge < -0.3 is 15.6 Å². The number of hydrogen-bond acceptors (Lipinski definition) is 3. The van der Waals surface area contributed by atoms with Gasteiger partial charge in [0.15, 0.2) is 0 Å². The molecule has 21 heavy (non-hydrogen) atoms. The number of carbonyl (C=O) groups excluding carboxylic acids is 1. The molecule has 1 fully saturated rings. The van der Waals surface area contributed by atoms with Crippen LogP contribution in [0.15, 0.2) is 12.5 Å². The molecule has 118 valence electrons. The summed E-state index contributed by atoms with van der Waals surface area (Å²) in [5.74, 6) is 1.78. The van der Waals surface area contributed by atoms with Crippen LogP contribution >= 0.6 is 0 Å². The molecule has 5 nitrogen and oxygen atoms in total. The van der Waals surface area contributed by atoms with Crippen LogP contribution in [0.4, 0.5) is 0 Å². The van der Waals surface area contributed by atoms with Crippen molar-refractivity contribution in [2.75, 3.05) is 6.54 Å². The number of nitrogens with one attached hydrogen (secondary N) is 1. The quantitative estimate of drug-likeness (QED) is 0.872. The molecule has 1 aromatic rings. The molecule has 3 N–H and O–H groups in total. The lowest BCUT2D eigenvalue weighted by atomic mass is 9.74. The maximum Gasteiger partial charge on any atom is 0.271 e. The second-order valence-electron chi connectivity index (χ2n) is 6.69. The summed E-state index contributed by atoms with van der Waals surface area (Å²) in [6.45, 7) is 8.00. The van der Waals surface area contributed by atoms with Gasteiger partial charge in [0.2, 0.25) is 0 Å². The van der Waals surface area contributed by atoms with E-state index in [1.807, 2.05) is 4.57 Å².